The monoisotopic (exact) mass is 417 g/mol. The Morgan fingerprint density at radius 3 is 2.76 bits per heavy atom. The minimum absolute atomic E-state index is 0.00290. The average molecular weight is 418 g/mol. The number of imidazole rings is 1. The molecule has 7 nitrogen and oxygen atoms in total. The number of ether oxygens (including phenoxy) is 1. The van der Waals surface area contributed by atoms with Gasteiger partial charge in [-0.05, 0) is 18.4 Å². The van der Waals surface area contributed by atoms with E-state index in [-0.39, 0.29) is 29.5 Å². The van der Waals surface area contributed by atoms with Gasteiger partial charge in [0.1, 0.15) is 0 Å². The number of aromatic nitrogens is 2. The van der Waals surface area contributed by atoms with Gasteiger partial charge in [-0.1, -0.05) is 36.4 Å². The third-order valence-corrected chi connectivity index (χ3v) is 6.53. The molecule has 3 rings (SSSR count). The van der Waals surface area contributed by atoms with Crippen LogP contribution >= 0.6 is 0 Å². The summed E-state index contributed by atoms with van der Waals surface area (Å²) in [5.74, 6) is -0.214. The van der Waals surface area contributed by atoms with E-state index in [0.717, 1.165) is 12.8 Å². The Morgan fingerprint density at radius 1 is 1.38 bits per heavy atom. The van der Waals surface area contributed by atoms with E-state index in [9.17, 15) is 13.2 Å². The van der Waals surface area contributed by atoms with E-state index in [4.69, 9.17) is 4.74 Å². The highest BCUT2D eigenvalue weighted by molar-refractivity contribution is 7.90. The number of hydrogen-bond donors (Lipinski definition) is 0. The molecule has 156 valence electrons. The summed E-state index contributed by atoms with van der Waals surface area (Å²) in [6.45, 7) is 7.02. The number of amides is 1. The quantitative estimate of drug-likeness (QED) is 0.586. The molecule has 0 unspecified atom stereocenters. The van der Waals surface area contributed by atoms with E-state index < -0.39 is 9.84 Å². The van der Waals surface area contributed by atoms with Crippen LogP contribution in [0.3, 0.4) is 0 Å². The van der Waals surface area contributed by atoms with Crippen LogP contribution in [0.2, 0.25) is 0 Å². The Bertz CT molecular complexity index is 948. The third kappa shape index (κ3) is 5.33. The van der Waals surface area contributed by atoms with Crippen molar-refractivity contribution in [1.29, 1.82) is 0 Å². The van der Waals surface area contributed by atoms with Crippen molar-refractivity contribution in [2.45, 2.75) is 49.9 Å². The molecule has 1 fully saturated rings. The third-order valence-electron chi connectivity index (χ3n) is 4.94. The molecule has 2 heterocycles. The van der Waals surface area contributed by atoms with Crippen molar-refractivity contribution in [2.24, 2.45) is 0 Å². The van der Waals surface area contributed by atoms with E-state index >= 15 is 0 Å². The molecular formula is C21H27N3O4S. The van der Waals surface area contributed by atoms with Gasteiger partial charge in [0.05, 0.1) is 30.3 Å². The highest BCUT2D eigenvalue weighted by Gasteiger charge is 2.26. The number of sulfone groups is 1. The first kappa shape index (κ1) is 21.3. The molecule has 1 saturated heterocycles. The Morgan fingerprint density at radius 2 is 2.14 bits per heavy atom. The van der Waals surface area contributed by atoms with Crippen molar-refractivity contribution in [3.63, 3.8) is 0 Å². The molecule has 0 saturated carbocycles. The maximum atomic E-state index is 13.0. The SMILES string of the molecule is C=CCn1c(CN(C[C@H]2CCCO2)C(C)=O)cnc1S(=O)(=O)Cc1ccccc1. The van der Waals surface area contributed by atoms with Gasteiger partial charge in [0.25, 0.3) is 0 Å². The standard InChI is InChI=1S/C21H27N3O4S/c1-3-11-24-19(14-23(17(2)25)15-20-10-7-12-28-20)13-22-21(24)29(26,27)16-18-8-5-4-6-9-18/h3-6,8-9,13,20H,1,7,10-12,14-16H2,2H3/t20-/m1/s1. The number of carbonyl (C=O) groups is 1. The number of hydrogen-bond acceptors (Lipinski definition) is 5. The summed E-state index contributed by atoms with van der Waals surface area (Å²) in [6.07, 6.45) is 5.10. The highest BCUT2D eigenvalue weighted by Crippen LogP contribution is 2.20. The van der Waals surface area contributed by atoms with E-state index in [1.807, 2.05) is 18.2 Å². The van der Waals surface area contributed by atoms with Crippen LogP contribution in [-0.4, -0.2) is 48.0 Å². The zero-order valence-corrected chi connectivity index (χ0v) is 17.5. The van der Waals surface area contributed by atoms with E-state index in [1.54, 1.807) is 27.7 Å². The van der Waals surface area contributed by atoms with Gasteiger partial charge in [-0.3, -0.25) is 4.79 Å². The first-order valence-corrected chi connectivity index (χ1v) is 11.3. The molecule has 1 amide bonds. The molecule has 1 aromatic heterocycles. The van der Waals surface area contributed by atoms with E-state index in [2.05, 4.69) is 11.6 Å². The van der Waals surface area contributed by atoms with Gasteiger partial charge < -0.3 is 14.2 Å². The van der Waals surface area contributed by atoms with Gasteiger partial charge in [0.15, 0.2) is 0 Å². The molecule has 2 aromatic rings. The predicted molar refractivity (Wildman–Crippen MR) is 110 cm³/mol. The Labute approximate surface area is 171 Å². The first-order chi connectivity index (χ1) is 13.9. The maximum Gasteiger partial charge on any atom is 0.228 e. The van der Waals surface area contributed by atoms with Crippen LogP contribution in [0.15, 0.2) is 54.3 Å². The van der Waals surface area contributed by atoms with Gasteiger partial charge in [0.2, 0.25) is 20.9 Å². The molecule has 0 radical (unpaired) electrons. The lowest BCUT2D eigenvalue weighted by Gasteiger charge is -2.24. The lowest BCUT2D eigenvalue weighted by atomic mass is 10.2. The molecule has 0 spiro atoms. The molecule has 1 atom stereocenters. The topological polar surface area (TPSA) is 81.5 Å². The van der Waals surface area contributed by atoms with Gasteiger partial charge >= 0.3 is 0 Å². The fraction of sp³-hybridized carbons (Fsp3) is 0.429. The van der Waals surface area contributed by atoms with Crippen LogP contribution in [0, 0.1) is 0 Å². The zero-order chi connectivity index (χ0) is 20.9. The van der Waals surface area contributed by atoms with Gasteiger partial charge in [-0.25, -0.2) is 13.4 Å². The Kier molecular flexibility index (Phi) is 6.87. The smallest absolute Gasteiger partial charge is 0.228 e. The zero-order valence-electron chi connectivity index (χ0n) is 16.7. The lowest BCUT2D eigenvalue weighted by molar-refractivity contribution is -0.131. The molecule has 1 aromatic carbocycles. The Balaban J connectivity index is 1.85. The van der Waals surface area contributed by atoms with Crippen LogP contribution in [0.4, 0.5) is 0 Å². The van der Waals surface area contributed by atoms with Crippen molar-refractivity contribution in [3.05, 3.63) is 60.4 Å². The number of allylic oxidation sites excluding steroid dienone is 1. The summed E-state index contributed by atoms with van der Waals surface area (Å²) in [6, 6.07) is 9.01. The molecule has 1 aliphatic rings. The fourth-order valence-electron chi connectivity index (χ4n) is 3.48. The number of carbonyl (C=O) groups excluding carboxylic acids is 1. The molecule has 29 heavy (non-hydrogen) atoms. The molecular weight excluding hydrogens is 390 g/mol. The number of rotatable bonds is 9. The van der Waals surface area contributed by atoms with E-state index in [1.165, 1.54) is 13.1 Å². The maximum absolute atomic E-state index is 13.0. The van der Waals surface area contributed by atoms with Crippen molar-refractivity contribution in [3.8, 4) is 0 Å². The van der Waals surface area contributed by atoms with Crippen molar-refractivity contribution in [1.82, 2.24) is 14.5 Å². The minimum Gasteiger partial charge on any atom is -0.376 e. The second-order valence-electron chi connectivity index (χ2n) is 7.21. The van der Waals surface area contributed by atoms with Gasteiger partial charge in [-0.2, -0.15) is 0 Å². The van der Waals surface area contributed by atoms with Crippen LogP contribution < -0.4 is 0 Å². The van der Waals surface area contributed by atoms with Crippen molar-refractivity contribution >= 4 is 15.7 Å². The summed E-state index contributed by atoms with van der Waals surface area (Å²) in [5.41, 5.74) is 1.36. The summed E-state index contributed by atoms with van der Waals surface area (Å²) >= 11 is 0. The molecule has 8 heteroatoms. The molecule has 0 N–H and O–H groups in total. The average Bonchev–Trinajstić information content (AvgIpc) is 3.32. The molecule has 1 aliphatic heterocycles. The summed E-state index contributed by atoms with van der Waals surface area (Å²) in [5, 5.41) is -0.00290. The second-order valence-corrected chi connectivity index (χ2v) is 9.09. The van der Waals surface area contributed by atoms with Crippen molar-refractivity contribution in [2.75, 3.05) is 13.2 Å². The van der Waals surface area contributed by atoms with Crippen LogP contribution in [0.5, 0.6) is 0 Å². The highest BCUT2D eigenvalue weighted by atomic mass is 32.2. The molecule has 0 bridgehead atoms. The fourth-order valence-corrected chi connectivity index (χ4v) is 4.98. The largest absolute Gasteiger partial charge is 0.376 e. The van der Waals surface area contributed by atoms with Crippen LogP contribution in [0.25, 0.3) is 0 Å². The summed E-state index contributed by atoms with van der Waals surface area (Å²) < 4.78 is 33.2. The van der Waals surface area contributed by atoms with Crippen molar-refractivity contribution < 1.29 is 17.9 Å². The van der Waals surface area contributed by atoms with Crippen LogP contribution in [-0.2, 0) is 38.2 Å². The lowest BCUT2D eigenvalue weighted by Crippen LogP contribution is -2.36. The number of benzene rings is 1. The van der Waals surface area contributed by atoms with Gasteiger partial charge in [-0.15, -0.1) is 6.58 Å². The van der Waals surface area contributed by atoms with E-state index in [0.29, 0.717) is 31.0 Å². The second kappa shape index (κ2) is 9.37. The van der Waals surface area contributed by atoms with Crippen LogP contribution in [0.1, 0.15) is 31.0 Å². The first-order valence-electron chi connectivity index (χ1n) is 9.70. The summed E-state index contributed by atoms with van der Waals surface area (Å²) in [7, 11) is -3.65. The normalized spacial score (nSPS) is 16.7. The number of nitrogens with zero attached hydrogens (tertiary/aromatic N) is 3. The molecule has 0 aliphatic carbocycles. The minimum atomic E-state index is -3.65. The Hall–Kier alpha value is -2.45. The predicted octanol–water partition coefficient (Wildman–Crippen LogP) is 2.57. The summed E-state index contributed by atoms with van der Waals surface area (Å²) in [4.78, 5) is 18.0. The van der Waals surface area contributed by atoms with Gasteiger partial charge in [0, 0.05) is 26.6 Å².